The van der Waals surface area contributed by atoms with E-state index in [-0.39, 0.29) is 5.78 Å². The summed E-state index contributed by atoms with van der Waals surface area (Å²) in [7, 11) is 1.70. The van der Waals surface area contributed by atoms with Crippen LogP contribution in [0.2, 0.25) is 0 Å². The van der Waals surface area contributed by atoms with E-state index in [4.69, 9.17) is 4.74 Å². The number of carbonyl (C=O) groups is 1. The molecule has 3 nitrogen and oxygen atoms in total. The lowest BCUT2D eigenvalue weighted by Crippen LogP contribution is -2.21. The van der Waals surface area contributed by atoms with E-state index in [0.29, 0.717) is 13.2 Å². The molecule has 1 aromatic rings. The Morgan fingerprint density at radius 3 is 2.44 bits per heavy atom. The maximum absolute atomic E-state index is 10.3. The second-order valence-corrected chi connectivity index (χ2v) is 4.15. The highest BCUT2D eigenvalue weighted by molar-refractivity contribution is 5.77. The van der Waals surface area contributed by atoms with Gasteiger partial charge in [-0.05, 0) is 25.5 Å². The summed E-state index contributed by atoms with van der Waals surface area (Å²) in [4.78, 5) is 10.3. The van der Waals surface area contributed by atoms with Crippen LogP contribution in [-0.2, 0) is 16.1 Å². The third-order valence-corrected chi connectivity index (χ3v) is 2.23. The van der Waals surface area contributed by atoms with Crippen LogP contribution in [0.1, 0.15) is 32.3 Å². The zero-order chi connectivity index (χ0) is 13.6. The minimum absolute atomic E-state index is 0.214. The lowest BCUT2D eigenvalue weighted by molar-refractivity contribution is -0.116. The first-order chi connectivity index (χ1) is 8.70. The molecule has 0 aliphatic heterocycles. The molecule has 18 heavy (non-hydrogen) atoms. The van der Waals surface area contributed by atoms with Gasteiger partial charge in [0, 0.05) is 7.11 Å². The van der Waals surface area contributed by atoms with Crippen molar-refractivity contribution in [1.82, 2.24) is 5.32 Å². The molecule has 0 aliphatic rings. The van der Waals surface area contributed by atoms with Gasteiger partial charge >= 0.3 is 0 Å². The van der Waals surface area contributed by atoms with Crippen molar-refractivity contribution in [2.24, 2.45) is 0 Å². The molecule has 0 fully saturated rings. The first-order valence-electron chi connectivity index (χ1n) is 6.43. The Morgan fingerprint density at radius 1 is 1.28 bits per heavy atom. The fourth-order valence-electron chi connectivity index (χ4n) is 1.31. The predicted octanol–water partition coefficient (Wildman–Crippen LogP) is 2.80. The Morgan fingerprint density at radius 2 is 1.94 bits per heavy atom. The van der Waals surface area contributed by atoms with Gasteiger partial charge in [-0.25, -0.2) is 0 Å². The molecule has 0 amide bonds. The third kappa shape index (κ3) is 11.3. The van der Waals surface area contributed by atoms with Gasteiger partial charge in [0.15, 0.2) is 0 Å². The Kier molecular flexibility index (Phi) is 11.5. The molecule has 1 rings (SSSR count). The van der Waals surface area contributed by atoms with E-state index in [2.05, 4.69) is 12.2 Å². The van der Waals surface area contributed by atoms with E-state index >= 15 is 0 Å². The van der Waals surface area contributed by atoms with Gasteiger partial charge in [0.05, 0.1) is 13.2 Å². The van der Waals surface area contributed by atoms with E-state index in [1.807, 2.05) is 30.3 Å². The number of nitrogens with one attached hydrogen (secondary N) is 1. The molecule has 0 saturated carbocycles. The fraction of sp³-hybridized carbons (Fsp3) is 0.533. The number of carbonyl (C=O) groups excluding carboxylic acids is 1. The number of hydrogen-bond acceptors (Lipinski definition) is 3. The SMILES string of the molecule is CCCCNCC(C)=O.COCc1ccccc1. The first kappa shape index (κ1) is 16.8. The minimum atomic E-state index is 0.214. The van der Waals surface area contributed by atoms with Crippen molar-refractivity contribution in [3.8, 4) is 0 Å². The van der Waals surface area contributed by atoms with Gasteiger partial charge in [0.25, 0.3) is 0 Å². The van der Waals surface area contributed by atoms with E-state index in [0.717, 1.165) is 13.0 Å². The van der Waals surface area contributed by atoms with Crippen LogP contribution in [0.4, 0.5) is 0 Å². The number of methoxy groups -OCH3 is 1. The van der Waals surface area contributed by atoms with E-state index in [1.165, 1.54) is 12.0 Å². The summed E-state index contributed by atoms with van der Waals surface area (Å²) < 4.78 is 4.93. The summed E-state index contributed by atoms with van der Waals surface area (Å²) in [6, 6.07) is 10.1. The molecule has 3 heteroatoms. The number of benzene rings is 1. The molecule has 0 aromatic heterocycles. The molecule has 1 aromatic carbocycles. The number of hydrogen-bond donors (Lipinski definition) is 1. The molecular formula is C15H25NO2. The van der Waals surface area contributed by atoms with E-state index in [1.54, 1.807) is 14.0 Å². The van der Waals surface area contributed by atoms with Crippen LogP contribution >= 0.6 is 0 Å². The largest absolute Gasteiger partial charge is 0.380 e. The van der Waals surface area contributed by atoms with Crippen molar-refractivity contribution >= 4 is 5.78 Å². The Balaban J connectivity index is 0.000000321. The van der Waals surface area contributed by atoms with Gasteiger partial charge in [-0.2, -0.15) is 0 Å². The van der Waals surface area contributed by atoms with Crippen molar-refractivity contribution in [3.05, 3.63) is 35.9 Å². The molecule has 0 aliphatic carbocycles. The van der Waals surface area contributed by atoms with Crippen molar-refractivity contribution < 1.29 is 9.53 Å². The molecule has 1 N–H and O–H groups in total. The fourth-order valence-corrected chi connectivity index (χ4v) is 1.31. The average Bonchev–Trinajstić information content (AvgIpc) is 2.37. The summed E-state index contributed by atoms with van der Waals surface area (Å²) in [6.45, 7) is 5.94. The van der Waals surface area contributed by atoms with Crippen molar-refractivity contribution in [3.63, 3.8) is 0 Å². The van der Waals surface area contributed by atoms with E-state index in [9.17, 15) is 4.79 Å². The molecule has 0 spiro atoms. The third-order valence-electron chi connectivity index (χ3n) is 2.23. The van der Waals surface area contributed by atoms with Crippen LogP contribution in [-0.4, -0.2) is 26.0 Å². The summed E-state index contributed by atoms with van der Waals surface area (Å²) in [5.41, 5.74) is 1.22. The topological polar surface area (TPSA) is 38.3 Å². The molecule has 0 atom stereocenters. The van der Waals surface area contributed by atoms with Crippen molar-refractivity contribution in [2.45, 2.75) is 33.3 Å². The Labute approximate surface area is 111 Å². The Bertz CT molecular complexity index is 299. The molecular weight excluding hydrogens is 226 g/mol. The standard InChI is InChI=1S/C8H10O.C7H15NO/c1-9-7-8-5-3-2-4-6-8;1-3-4-5-8-6-7(2)9/h2-6H,7H2,1H3;8H,3-6H2,1-2H3. The summed E-state index contributed by atoms with van der Waals surface area (Å²) in [5, 5.41) is 3.04. The molecule has 102 valence electrons. The number of ether oxygens (including phenoxy) is 1. The molecule has 0 heterocycles. The van der Waals surface area contributed by atoms with Crippen LogP contribution in [0.15, 0.2) is 30.3 Å². The lowest BCUT2D eigenvalue weighted by Gasteiger charge is -1.97. The van der Waals surface area contributed by atoms with Gasteiger partial charge in [-0.15, -0.1) is 0 Å². The van der Waals surface area contributed by atoms with Crippen LogP contribution in [0.3, 0.4) is 0 Å². The zero-order valence-electron chi connectivity index (χ0n) is 11.7. The second kappa shape index (κ2) is 12.3. The van der Waals surface area contributed by atoms with Crippen LogP contribution in [0, 0.1) is 0 Å². The molecule has 0 bridgehead atoms. The highest BCUT2D eigenvalue weighted by atomic mass is 16.5. The summed E-state index contributed by atoms with van der Waals surface area (Å²) in [5.74, 6) is 0.214. The predicted molar refractivity (Wildman–Crippen MR) is 75.6 cm³/mol. The number of unbranched alkanes of at least 4 members (excludes halogenated alkanes) is 1. The van der Waals surface area contributed by atoms with Gasteiger partial charge < -0.3 is 10.1 Å². The number of Topliss-reactive ketones (excluding diaryl/α,β-unsaturated/α-hetero) is 1. The molecule has 0 unspecified atom stereocenters. The maximum atomic E-state index is 10.3. The number of ketones is 1. The Hall–Kier alpha value is -1.19. The quantitative estimate of drug-likeness (QED) is 0.757. The van der Waals surface area contributed by atoms with Crippen LogP contribution in [0.5, 0.6) is 0 Å². The molecule has 0 saturated heterocycles. The van der Waals surface area contributed by atoms with Crippen LogP contribution < -0.4 is 5.32 Å². The second-order valence-electron chi connectivity index (χ2n) is 4.15. The smallest absolute Gasteiger partial charge is 0.143 e. The average molecular weight is 251 g/mol. The minimum Gasteiger partial charge on any atom is -0.380 e. The van der Waals surface area contributed by atoms with Gasteiger partial charge in [-0.1, -0.05) is 43.7 Å². The maximum Gasteiger partial charge on any atom is 0.143 e. The highest BCUT2D eigenvalue weighted by Crippen LogP contribution is 1.98. The first-order valence-corrected chi connectivity index (χ1v) is 6.43. The van der Waals surface area contributed by atoms with Crippen molar-refractivity contribution in [1.29, 1.82) is 0 Å². The zero-order valence-corrected chi connectivity index (χ0v) is 11.7. The monoisotopic (exact) mass is 251 g/mol. The number of rotatable bonds is 7. The van der Waals surface area contributed by atoms with Gasteiger partial charge in [0.1, 0.15) is 5.78 Å². The summed E-state index contributed by atoms with van der Waals surface area (Å²) >= 11 is 0. The normalized spacial score (nSPS) is 9.50. The van der Waals surface area contributed by atoms with E-state index < -0.39 is 0 Å². The van der Waals surface area contributed by atoms with Gasteiger partial charge in [-0.3, -0.25) is 4.79 Å². The highest BCUT2D eigenvalue weighted by Gasteiger charge is 1.89. The molecule has 0 radical (unpaired) electrons. The van der Waals surface area contributed by atoms with Crippen LogP contribution in [0.25, 0.3) is 0 Å². The lowest BCUT2D eigenvalue weighted by atomic mass is 10.2. The van der Waals surface area contributed by atoms with Gasteiger partial charge in [0.2, 0.25) is 0 Å². The van der Waals surface area contributed by atoms with Crippen molar-refractivity contribution in [2.75, 3.05) is 20.2 Å². The summed E-state index contributed by atoms with van der Waals surface area (Å²) in [6.07, 6.45) is 2.35.